The molecular formula is C16H32N2O3. The minimum atomic E-state index is -0.571. The summed E-state index contributed by atoms with van der Waals surface area (Å²) in [6.07, 6.45) is 4.33. The van der Waals surface area contributed by atoms with E-state index in [0.717, 1.165) is 18.8 Å². The fourth-order valence-electron chi connectivity index (χ4n) is 2.52. The van der Waals surface area contributed by atoms with Crippen LogP contribution in [0.1, 0.15) is 53.4 Å². The van der Waals surface area contributed by atoms with E-state index in [4.69, 9.17) is 4.74 Å². The first-order valence-corrected chi connectivity index (χ1v) is 8.22. The Morgan fingerprint density at radius 1 is 1.24 bits per heavy atom. The number of aliphatic hydroxyl groups is 1. The molecule has 0 saturated heterocycles. The van der Waals surface area contributed by atoms with Crippen LogP contribution in [-0.2, 0) is 9.53 Å². The molecule has 21 heavy (non-hydrogen) atoms. The molecule has 0 spiro atoms. The third-order valence-corrected chi connectivity index (χ3v) is 3.97. The maximum atomic E-state index is 11.7. The SMILES string of the molecule is CC1CCC(OCC(O)CNC(C)C(=O)NC(C)C)CC1. The molecule has 0 bridgehead atoms. The maximum Gasteiger partial charge on any atom is 0.237 e. The first-order valence-electron chi connectivity index (χ1n) is 8.22. The predicted octanol–water partition coefficient (Wildman–Crippen LogP) is 1.45. The van der Waals surface area contributed by atoms with Gasteiger partial charge in [-0.2, -0.15) is 0 Å². The van der Waals surface area contributed by atoms with Gasteiger partial charge in [0.05, 0.1) is 24.9 Å². The number of aliphatic hydroxyl groups excluding tert-OH is 1. The molecule has 124 valence electrons. The minimum absolute atomic E-state index is 0.0422. The molecular weight excluding hydrogens is 268 g/mol. The zero-order valence-electron chi connectivity index (χ0n) is 13.9. The molecule has 0 heterocycles. The zero-order chi connectivity index (χ0) is 15.8. The summed E-state index contributed by atoms with van der Waals surface area (Å²) in [4.78, 5) is 11.7. The second-order valence-electron chi connectivity index (χ2n) is 6.66. The summed E-state index contributed by atoms with van der Waals surface area (Å²) < 4.78 is 5.76. The number of hydrogen-bond donors (Lipinski definition) is 3. The van der Waals surface area contributed by atoms with E-state index in [1.165, 1.54) is 12.8 Å². The number of hydrogen-bond acceptors (Lipinski definition) is 4. The lowest BCUT2D eigenvalue weighted by molar-refractivity contribution is -0.123. The molecule has 1 fully saturated rings. The Labute approximate surface area is 128 Å². The Morgan fingerprint density at radius 2 is 1.86 bits per heavy atom. The molecule has 5 heteroatoms. The zero-order valence-corrected chi connectivity index (χ0v) is 13.9. The summed E-state index contributed by atoms with van der Waals surface area (Å²) in [6, 6.07) is -0.179. The number of nitrogens with one attached hydrogen (secondary N) is 2. The third-order valence-electron chi connectivity index (χ3n) is 3.97. The molecule has 0 aromatic heterocycles. The summed E-state index contributed by atoms with van der Waals surface area (Å²) in [5.74, 6) is 0.760. The van der Waals surface area contributed by atoms with Crippen molar-refractivity contribution in [2.24, 2.45) is 5.92 Å². The van der Waals surface area contributed by atoms with Crippen molar-refractivity contribution in [1.29, 1.82) is 0 Å². The van der Waals surface area contributed by atoms with Gasteiger partial charge in [-0.1, -0.05) is 6.92 Å². The van der Waals surface area contributed by atoms with Crippen LogP contribution >= 0.6 is 0 Å². The Hall–Kier alpha value is -0.650. The van der Waals surface area contributed by atoms with Gasteiger partial charge in [0.25, 0.3) is 0 Å². The van der Waals surface area contributed by atoms with Crippen LogP contribution in [0.15, 0.2) is 0 Å². The lowest BCUT2D eigenvalue weighted by Crippen LogP contribution is -2.47. The van der Waals surface area contributed by atoms with Crippen molar-refractivity contribution in [1.82, 2.24) is 10.6 Å². The van der Waals surface area contributed by atoms with Gasteiger partial charge in [0.1, 0.15) is 0 Å². The molecule has 3 N–H and O–H groups in total. The fraction of sp³-hybridized carbons (Fsp3) is 0.938. The first-order chi connectivity index (χ1) is 9.88. The summed E-state index contributed by atoms with van der Waals surface area (Å²) in [6.45, 7) is 8.64. The van der Waals surface area contributed by atoms with Gasteiger partial charge < -0.3 is 20.5 Å². The normalized spacial score (nSPS) is 25.6. The number of ether oxygens (including phenoxy) is 1. The van der Waals surface area contributed by atoms with Crippen molar-refractivity contribution < 1.29 is 14.6 Å². The van der Waals surface area contributed by atoms with Crippen molar-refractivity contribution in [3.05, 3.63) is 0 Å². The highest BCUT2D eigenvalue weighted by molar-refractivity contribution is 5.81. The highest BCUT2D eigenvalue weighted by atomic mass is 16.5. The second kappa shape index (κ2) is 9.38. The van der Waals surface area contributed by atoms with Crippen molar-refractivity contribution in [2.45, 2.75) is 77.7 Å². The highest BCUT2D eigenvalue weighted by Gasteiger charge is 2.20. The van der Waals surface area contributed by atoms with Gasteiger partial charge in [-0.25, -0.2) is 0 Å². The first kappa shape index (κ1) is 18.4. The van der Waals surface area contributed by atoms with Crippen LogP contribution in [0.4, 0.5) is 0 Å². The largest absolute Gasteiger partial charge is 0.389 e. The minimum Gasteiger partial charge on any atom is -0.389 e. The van der Waals surface area contributed by atoms with Gasteiger partial charge in [0.15, 0.2) is 0 Å². The van der Waals surface area contributed by atoms with Gasteiger partial charge in [-0.05, 0) is 52.4 Å². The lowest BCUT2D eigenvalue weighted by Gasteiger charge is -2.27. The molecule has 1 rings (SSSR count). The molecule has 0 aromatic rings. The van der Waals surface area contributed by atoms with Gasteiger partial charge in [0.2, 0.25) is 5.91 Å². The number of rotatable bonds is 8. The van der Waals surface area contributed by atoms with E-state index >= 15 is 0 Å². The van der Waals surface area contributed by atoms with Crippen LogP contribution in [0.2, 0.25) is 0 Å². The standard InChI is InChI=1S/C16H32N2O3/c1-11(2)18-16(20)13(4)17-9-14(19)10-21-15-7-5-12(3)6-8-15/h11-15,17,19H,5-10H2,1-4H3,(H,18,20). The summed E-state index contributed by atoms with van der Waals surface area (Å²) >= 11 is 0. The number of carbonyl (C=O) groups excluding carboxylic acids is 1. The Bertz CT molecular complexity index is 302. The van der Waals surface area contributed by atoms with Crippen molar-refractivity contribution in [3.63, 3.8) is 0 Å². The van der Waals surface area contributed by atoms with E-state index in [1.54, 1.807) is 6.92 Å². The maximum absolute atomic E-state index is 11.7. The monoisotopic (exact) mass is 300 g/mol. The molecule has 2 unspecified atom stereocenters. The van der Waals surface area contributed by atoms with Gasteiger partial charge >= 0.3 is 0 Å². The lowest BCUT2D eigenvalue weighted by atomic mass is 9.89. The molecule has 2 atom stereocenters. The predicted molar refractivity (Wildman–Crippen MR) is 84.1 cm³/mol. The number of amides is 1. The molecule has 1 saturated carbocycles. The van der Waals surface area contributed by atoms with E-state index in [-0.39, 0.29) is 24.1 Å². The van der Waals surface area contributed by atoms with Gasteiger partial charge in [-0.15, -0.1) is 0 Å². The van der Waals surface area contributed by atoms with E-state index in [9.17, 15) is 9.90 Å². The average molecular weight is 300 g/mol. The molecule has 5 nitrogen and oxygen atoms in total. The smallest absolute Gasteiger partial charge is 0.237 e. The Morgan fingerprint density at radius 3 is 2.43 bits per heavy atom. The molecule has 1 amide bonds. The van der Waals surface area contributed by atoms with Gasteiger partial charge in [0, 0.05) is 12.6 Å². The number of carbonyl (C=O) groups is 1. The molecule has 0 radical (unpaired) electrons. The van der Waals surface area contributed by atoms with Crippen LogP contribution in [0.5, 0.6) is 0 Å². The summed E-state index contributed by atoms with van der Waals surface area (Å²) in [5, 5.41) is 15.8. The van der Waals surface area contributed by atoms with Crippen molar-refractivity contribution in [2.75, 3.05) is 13.2 Å². The molecule has 0 aromatic carbocycles. The average Bonchev–Trinajstić information content (AvgIpc) is 2.43. The van der Waals surface area contributed by atoms with E-state index in [1.807, 2.05) is 13.8 Å². The van der Waals surface area contributed by atoms with E-state index < -0.39 is 6.10 Å². The van der Waals surface area contributed by atoms with E-state index in [0.29, 0.717) is 13.2 Å². The summed E-state index contributed by atoms with van der Waals surface area (Å²) in [5.41, 5.74) is 0. The van der Waals surface area contributed by atoms with Gasteiger partial charge in [-0.3, -0.25) is 4.79 Å². The van der Waals surface area contributed by atoms with E-state index in [2.05, 4.69) is 17.6 Å². The van der Waals surface area contributed by atoms with Crippen LogP contribution in [0, 0.1) is 5.92 Å². The second-order valence-corrected chi connectivity index (χ2v) is 6.66. The van der Waals surface area contributed by atoms with Crippen molar-refractivity contribution >= 4 is 5.91 Å². The molecule has 0 aliphatic heterocycles. The highest BCUT2D eigenvalue weighted by Crippen LogP contribution is 2.25. The summed E-state index contributed by atoms with van der Waals surface area (Å²) in [7, 11) is 0. The van der Waals surface area contributed by atoms with Crippen molar-refractivity contribution in [3.8, 4) is 0 Å². The fourth-order valence-corrected chi connectivity index (χ4v) is 2.52. The van der Waals surface area contributed by atoms with Crippen LogP contribution < -0.4 is 10.6 Å². The van der Waals surface area contributed by atoms with Crippen LogP contribution in [0.3, 0.4) is 0 Å². The Kier molecular flexibility index (Phi) is 8.22. The Balaban J connectivity index is 2.13. The van der Waals surface area contributed by atoms with Crippen LogP contribution in [0.25, 0.3) is 0 Å². The molecule has 1 aliphatic rings. The third kappa shape index (κ3) is 7.79. The quantitative estimate of drug-likeness (QED) is 0.634. The molecule has 1 aliphatic carbocycles. The topological polar surface area (TPSA) is 70.6 Å². The van der Waals surface area contributed by atoms with Crippen LogP contribution in [-0.4, -0.2) is 48.5 Å².